The van der Waals surface area contributed by atoms with E-state index in [-0.39, 0.29) is 20.6 Å². The van der Waals surface area contributed by atoms with E-state index in [2.05, 4.69) is 4.72 Å². The Morgan fingerprint density at radius 3 is 2.05 bits per heavy atom. The predicted octanol–water partition coefficient (Wildman–Crippen LogP) is 3.67. The number of nitrogens with one attached hydrogen (secondary N) is 1. The lowest BCUT2D eigenvalue weighted by Gasteiger charge is -2.11. The van der Waals surface area contributed by atoms with Crippen LogP contribution in [0.4, 0.5) is 5.69 Å². The minimum absolute atomic E-state index is 0.0208. The molecule has 0 unspecified atom stereocenters. The summed E-state index contributed by atoms with van der Waals surface area (Å²) in [4.78, 5) is 0.0208. The van der Waals surface area contributed by atoms with Crippen LogP contribution in [0.5, 0.6) is 0 Å². The molecule has 0 spiro atoms. The molecule has 0 aliphatic rings. The highest BCUT2D eigenvalue weighted by Gasteiger charge is 2.17. The summed E-state index contributed by atoms with van der Waals surface area (Å²) in [6.45, 7) is 0. The fraction of sp³-hybridized carbons (Fsp3) is 0. The molecule has 0 radical (unpaired) electrons. The lowest BCUT2D eigenvalue weighted by Crippen LogP contribution is -2.13. The summed E-state index contributed by atoms with van der Waals surface area (Å²) in [6, 6.07) is 12.1. The maximum atomic E-state index is 12.2. The molecule has 2 aromatic rings. The van der Waals surface area contributed by atoms with Crippen molar-refractivity contribution in [3.8, 4) is 6.07 Å². The molecule has 0 saturated heterocycles. The Labute approximate surface area is 126 Å². The van der Waals surface area contributed by atoms with Crippen LogP contribution >= 0.6 is 23.2 Å². The minimum Gasteiger partial charge on any atom is -0.277 e. The summed E-state index contributed by atoms with van der Waals surface area (Å²) in [5.41, 5.74) is 0.500. The highest BCUT2D eigenvalue weighted by molar-refractivity contribution is 7.92. The van der Waals surface area contributed by atoms with Gasteiger partial charge in [0.15, 0.2) is 0 Å². The van der Waals surface area contributed by atoms with Crippen LogP contribution in [-0.4, -0.2) is 8.42 Å². The van der Waals surface area contributed by atoms with Gasteiger partial charge >= 0.3 is 0 Å². The van der Waals surface area contributed by atoms with Gasteiger partial charge in [-0.25, -0.2) is 8.42 Å². The Morgan fingerprint density at radius 1 is 1.00 bits per heavy atom. The van der Waals surface area contributed by atoms with E-state index in [9.17, 15) is 8.42 Å². The van der Waals surface area contributed by atoms with Crippen LogP contribution in [0.15, 0.2) is 47.4 Å². The molecule has 0 atom stereocenters. The van der Waals surface area contributed by atoms with Crippen molar-refractivity contribution in [3.63, 3.8) is 0 Å². The average molecular weight is 327 g/mol. The van der Waals surface area contributed by atoms with Gasteiger partial charge in [0.25, 0.3) is 10.0 Å². The van der Waals surface area contributed by atoms with E-state index in [1.807, 2.05) is 6.07 Å². The number of sulfonamides is 1. The molecule has 0 fully saturated rings. The van der Waals surface area contributed by atoms with E-state index in [1.54, 1.807) is 6.07 Å². The van der Waals surface area contributed by atoms with Gasteiger partial charge in [-0.1, -0.05) is 29.3 Å². The van der Waals surface area contributed by atoms with Gasteiger partial charge in [0.05, 0.1) is 32.3 Å². The Bertz CT molecular complexity index is 761. The number of hydrogen-bond acceptors (Lipinski definition) is 3. The molecule has 0 aliphatic heterocycles. The lowest BCUT2D eigenvalue weighted by molar-refractivity contribution is 0.601. The van der Waals surface area contributed by atoms with Gasteiger partial charge in [0.2, 0.25) is 0 Å². The smallest absolute Gasteiger partial charge is 0.261 e. The molecule has 4 nitrogen and oxygen atoms in total. The lowest BCUT2D eigenvalue weighted by atomic mass is 10.2. The third kappa shape index (κ3) is 3.05. The van der Waals surface area contributed by atoms with Crippen LogP contribution in [0.1, 0.15) is 5.56 Å². The van der Waals surface area contributed by atoms with Crippen molar-refractivity contribution >= 4 is 38.9 Å². The molecule has 1 N–H and O–H groups in total. The number of hydrogen-bond donors (Lipinski definition) is 1. The molecular weight excluding hydrogens is 319 g/mol. The Morgan fingerprint density at radius 2 is 1.55 bits per heavy atom. The second-order valence-electron chi connectivity index (χ2n) is 3.84. The molecule has 7 heteroatoms. The van der Waals surface area contributed by atoms with Crippen molar-refractivity contribution in [2.45, 2.75) is 4.90 Å². The van der Waals surface area contributed by atoms with Crippen molar-refractivity contribution in [1.82, 2.24) is 0 Å². The molecule has 0 aliphatic carbocycles. The zero-order chi connectivity index (χ0) is 14.8. The van der Waals surface area contributed by atoms with Crippen molar-refractivity contribution < 1.29 is 8.42 Å². The third-order valence-electron chi connectivity index (χ3n) is 2.49. The molecule has 0 amide bonds. The first-order valence-corrected chi connectivity index (χ1v) is 7.65. The van der Waals surface area contributed by atoms with Crippen molar-refractivity contribution in [2.24, 2.45) is 0 Å². The second-order valence-corrected chi connectivity index (χ2v) is 6.34. The molecule has 0 heterocycles. The standard InChI is InChI=1S/C13H8Cl2N2O2S/c14-11-2-1-3-12(15)13(11)17-20(18,19)10-6-4-9(8-16)5-7-10/h1-7,17H. The van der Waals surface area contributed by atoms with E-state index < -0.39 is 10.0 Å². The number of anilines is 1. The SMILES string of the molecule is N#Cc1ccc(S(=O)(=O)Nc2c(Cl)cccc2Cl)cc1. The van der Waals surface area contributed by atoms with Crippen LogP contribution in [-0.2, 0) is 10.0 Å². The largest absolute Gasteiger partial charge is 0.277 e. The summed E-state index contributed by atoms with van der Waals surface area (Å²) in [5.74, 6) is 0. The van der Waals surface area contributed by atoms with Gasteiger partial charge in [-0.2, -0.15) is 5.26 Å². The Kier molecular flexibility index (Phi) is 4.19. The van der Waals surface area contributed by atoms with Gasteiger partial charge in [-0.05, 0) is 36.4 Å². The normalized spacial score (nSPS) is 10.8. The third-order valence-corrected chi connectivity index (χ3v) is 4.49. The van der Waals surface area contributed by atoms with E-state index in [1.165, 1.54) is 36.4 Å². The van der Waals surface area contributed by atoms with Gasteiger partial charge < -0.3 is 0 Å². The van der Waals surface area contributed by atoms with Crippen molar-refractivity contribution in [1.29, 1.82) is 5.26 Å². The van der Waals surface area contributed by atoms with E-state index in [4.69, 9.17) is 28.5 Å². The minimum atomic E-state index is -3.81. The zero-order valence-electron chi connectivity index (χ0n) is 9.97. The Hall–Kier alpha value is -1.74. The molecule has 102 valence electrons. The molecule has 2 aromatic carbocycles. The van der Waals surface area contributed by atoms with Crippen LogP contribution in [0.25, 0.3) is 0 Å². The van der Waals surface area contributed by atoms with Gasteiger partial charge in [0.1, 0.15) is 0 Å². The van der Waals surface area contributed by atoms with Crippen molar-refractivity contribution in [3.05, 3.63) is 58.1 Å². The zero-order valence-corrected chi connectivity index (χ0v) is 12.3. The summed E-state index contributed by atoms with van der Waals surface area (Å²) >= 11 is 11.8. The first kappa shape index (κ1) is 14.7. The number of halogens is 2. The van der Waals surface area contributed by atoms with Crippen LogP contribution in [0.2, 0.25) is 10.0 Å². The van der Waals surface area contributed by atoms with Gasteiger partial charge in [0, 0.05) is 0 Å². The number of rotatable bonds is 3. The first-order valence-electron chi connectivity index (χ1n) is 5.41. The first-order chi connectivity index (χ1) is 9.44. The highest BCUT2D eigenvalue weighted by atomic mass is 35.5. The maximum absolute atomic E-state index is 12.2. The molecule has 20 heavy (non-hydrogen) atoms. The molecular formula is C13H8Cl2N2O2S. The quantitative estimate of drug-likeness (QED) is 0.935. The maximum Gasteiger partial charge on any atom is 0.261 e. The number of nitrogens with zero attached hydrogens (tertiary/aromatic N) is 1. The number of para-hydroxylation sites is 1. The van der Waals surface area contributed by atoms with Gasteiger partial charge in [-0.15, -0.1) is 0 Å². The monoisotopic (exact) mass is 326 g/mol. The predicted molar refractivity (Wildman–Crippen MR) is 78.4 cm³/mol. The average Bonchev–Trinajstić information content (AvgIpc) is 2.43. The fourth-order valence-corrected chi connectivity index (χ4v) is 3.20. The second kappa shape index (κ2) is 5.71. The number of nitriles is 1. The van der Waals surface area contributed by atoms with Gasteiger partial charge in [-0.3, -0.25) is 4.72 Å². The van der Waals surface area contributed by atoms with Crippen LogP contribution < -0.4 is 4.72 Å². The highest BCUT2D eigenvalue weighted by Crippen LogP contribution is 2.31. The summed E-state index contributed by atoms with van der Waals surface area (Å²) in [5, 5.41) is 9.10. The number of benzene rings is 2. The summed E-state index contributed by atoms with van der Waals surface area (Å²) in [6.07, 6.45) is 0. The van der Waals surface area contributed by atoms with E-state index in [0.29, 0.717) is 5.56 Å². The van der Waals surface area contributed by atoms with Crippen LogP contribution in [0.3, 0.4) is 0 Å². The molecule has 0 saturated carbocycles. The van der Waals surface area contributed by atoms with E-state index >= 15 is 0 Å². The fourth-order valence-electron chi connectivity index (χ4n) is 1.50. The topological polar surface area (TPSA) is 70.0 Å². The van der Waals surface area contributed by atoms with Crippen LogP contribution in [0, 0.1) is 11.3 Å². The van der Waals surface area contributed by atoms with Crippen molar-refractivity contribution in [2.75, 3.05) is 4.72 Å². The van der Waals surface area contributed by atoms with E-state index in [0.717, 1.165) is 0 Å². The molecule has 0 aromatic heterocycles. The summed E-state index contributed by atoms with van der Waals surface area (Å²) < 4.78 is 26.7. The Balaban J connectivity index is 2.38. The molecule has 2 rings (SSSR count). The molecule has 0 bridgehead atoms. The summed E-state index contributed by atoms with van der Waals surface area (Å²) in [7, 11) is -3.81.